The predicted octanol–water partition coefficient (Wildman–Crippen LogP) is 7.06. The highest BCUT2D eigenvalue weighted by Crippen LogP contribution is 2.37. The standard InChI is InChI=1S/C31H31F3N6O/c1-3-40-13-9-21(10-14-40)24-15-25(31(32,33)34)18-26(16-24)37-29(41)22-7-6-20(2)28(17-22)39-30-36-12-8-27(38-30)23-5-4-11-35-19-23/h4-8,11-12,15-19,21H,3,9-10,13-14H2,1-2H3,(H,37,41)(H,36,38,39). The number of aromatic nitrogens is 3. The zero-order valence-electron chi connectivity index (χ0n) is 22.9. The van der Waals surface area contributed by atoms with E-state index >= 15 is 0 Å². The minimum Gasteiger partial charge on any atom is -0.324 e. The predicted molar refractivity (Wildman–Crippen MR) is 153 cm³/mol. The van der Waals surface area contributed by atoms with Crippen molar-refractivity contribution < 1.29 is 18.0 Å². The van der Waals surface area contributed by atoms with Gasteiger partial charge in [-0.2, -0.15) is 13.2 Å². The highest BCUT2D eigenvalue weighted by Gasteiger charge is 2.32. The van der Waals surface area contributed by atoms with Gasteiger partial charge >= 0.3 is 6.18 Å². The molecule has 1 aliphatic rings. The Hall–Kier alpha value is -4.31. The number of piperidine rings is 1. The molecular weight excluding hydrogens is 529 g/mol. The molecule has 2 aromatic carbocycles. The van der Waals surface area contributed by atoms with Crippen molar-refractivity contribution >= 4 is 23.2 Å². The molecule has 1 fully saturated rings. The summed E-state index contributed by atoms with van der Waals surface area (Å²) < 4.78 is 41.4. The molecule has 0 saturated carbocycles. The van der Waals surface area contributed by atoms with E-state index in [1.807, 2.05) is 19.1 Å². The van der Waals surface area contributed by atoms with Crippen LogP contribution in [-0.4, -0.2) is 45.4 Å². The van der Waals surface area contributed by atoms with Crippen LogP contribution in [0.4, 0.5) is 30.5 Å². The number of carbonyl (C=O) groups excluding carboxylic acids is 1. The number of hydrogen-bond acceptors (Lipinski definition) is 6. The molecule has 2 N–H and O–H groups in total. The monoisotopic (exact) mass is 560 g/mol. The third-order valence-corrected chi connectivity index (χ3v) is 7.41. The Morgan fingerprint density at radius 1 is 1.05 bits per heavy atom. The van der Waals surface area contributed by atoms with Crippen molar-refractivity contribution in [3.05, 3.63) is 95.4 Å². The Kier molecular flexibility index (Phi) is 8.30. The van der Waals surface area contributed by atoms with Crippen molar-refractivity contribution in [2.24, 2.45) is 0 Å². The topological polar surface area (TPSA) is 83.0 Å². The lowest BCUT2D eigenvalue weighted by Crippen LogP contribution is -2.32. The fourth-order valence-corrected chi connectivity index (χ4v) is 5.02. The molecule has 0 atom stereocenters. The number of nitrogens with zero attached hydrogens (tertiary/aromatic N) is 4. The van der Waals surface area contributed by atoms with Gasteiger partial charge in [0.05, 0.1) is 11.3 Å². The molecule has 7 nitrogen and oxygen atoms in total. The molecule has 0 aliphatic carbocycles. The van der Waals surface area contributed by atoms with Gasteiger partial charge in [0, 0.05) is 41.1 Å². The van der Waals surface area contributed by atoms with Crippen LogP contribution in [0.2, 0.25) is 0 Å². The molecule has 1 saturated heterocycles. The van der Waals surface area contributed by atoms with E-state index < -0.39 is 17.6 Å². The van der Waals surface area contributed by atoms with Gasteiger partial charge in [-0.25, -0.2) is 9.97 Å². The summed E-state index contributed by atoms with van der Waals surface area (Å²) in [6, 6.07) is 14.4. The van der Waals surface area contributed by atoms with Crippen LogP contribution in [-0.2, 0) is 6.18 Å². The van der Waals surface area contributed by atoms with Gasteiger partial charge in [0.15, 0.2) is 0 Å². The van der Waals surface area contributed by atoms with Gasteiger partial charge < -0.3 is 15.5 Å². The zero-order valence-corrected chi connectivity index (χ0v) is 22.9. The van der Waals surface area contributed by atoms with Crippen molar-refractivity contribution in [3.8, 4) is 11.3 Å². The second kappa shape index (κ2) is 12.1. The van der Waals surface area contributed by atoms with Gasteiger partial charge in [-0.05, 0) is 105 Å². The summed E-state index contributed by atoms with van der Waals surface area (Å²) >= 11 is 0. The maximum Gasteiger partial charge on any atom is 0.416 e. The first-order valence-corrected chi connectivity index (χ1v) is 13.6. The molecule has 4 aromatic rings. The van der Waals surface area contributed by atoms with Crippen LogP contribution < -0.4 is 10.6 Å². The Morgan fingerprint density at radius 3 is 2.56 bits per heavy atom. The molecule has 41 heavy (non-hydrogen) atoms. The Morgan fingerprint density at radius 2 is 1.85 bits per heavy atom. The summed E-state index contributed by atoms with van der Waals surface area (Å²) in [5, 5.41) is 5.85. The number of aryl methyl sites for hydroxylation is 1. The van der Waals surface area contributed by atoms with Crippen LogP contribution in [0.3, 0.4) is 0 Å². The SMILES string of the molecule is CCN1CCC(c2cc(NC(=O)c3ccc(C)c(Nc4nccc(-c5cccnc5)n4)c3)cc(C(F)(F)F)c2)CC1. The number of pyridine rings is 1. The first-order valence-electron chi connectivity index (χ1n) is 13.6. The number of carbonyl (C=O) groups is 1. The summed E-state index contributed by atoms with van der Waals surface area (Å²) in [5.74, 6) is -0.166. The molecular formula is C31H31F3N6O. The third kappa shape index (κ3) is 6.89. The number of halogens is 3. The number of hydrogen-bond donors (Lipinski definition) is 2. The van der Waals surface area contributed by atoms with Crippen molar-refractivity contribution in [2.75, 3.05) is 30.3 Å². The highest BCUT2D eigenvalue weighted by atomic mass is 19.4. The van der Waals surface area contributed by atoms with Crippen LogP contribution in [0.5, 0.6) is 0 Å². The fraction of sp³-hybridized carbons (Fsp3) is 0.290. The first kappa shape index (κ1) is 28.2. The number of alkyl halides is 3. The number of benzene rings is 2. The number of likely N-dealkylation sites (tertiary alicyclic amines) is 1. The van der Waals surface area contributed by atoms with Crippen LogP contribution in [0.1, 0.15) is 52.7 Å². The normalized spacial score (nSPS) is 14.6. The summed E-state index contributed by atoms with van der Waals surface area (Å²) in [6.07, 6.45) is 2.04. The molecule has 0 radical (unpaired) electrons. The number of amides is 1. The van der Waals surface area contributed by atoms with Gasteiger partial charge in [-0.15, -0.1) is 0 Å². The Balaban J connectivity index is 1.36. The molecule has 0 spiro atoms. The van der Waals surface area contributed by atoms with Crippen LogP contribution in [0, 0.1) is 6.92 Å². The molecule has 2 aromatic heterocycles. The molecule has 1 amide bonds. The summed E-state index contributed by atoms with van der Waals surface area (Å²) in [4.78, 5) is 28.5. The van der Waals surface area contributed by atoms with Crippen LogP contribution in [0.15, 0.2) is 73.2 Å². The quantitative estimate of drug-likeness (QED) is 0.252. The minimum absolute atomic E-state index is 0.00774. The maximum absolute atomic E-state index is 13.8. The molecule has 5 rings (SSSR count). The summed E-state index contributed by atoms with van der Waals surface area (Å²) in [7, 11) is 0. The maximum atomic E-state index is 13.8. The first-order chi connectivity index (χ1) is 19.7. The Bertz CT molecular complexity index is 1520. The minimum atomic E-state index is -4.52. The molecule has 10 heteroatoms. The van der Waals surface area contributed by atoms with Crippen molar-refractivity contribution in [1.82, 2.24) is 19.9 Å². The average Bonchev–Trinajstić information content (AvgIpc) is 2.98. The van der Waals surface area contributed by atoms with E-state index in [9.17, 15) is 18.0 Å². The van der Waals surface area contributed by atoms with Gasteiger partial charge in [0.25, 0.3) is 5.91 Å². The number of rotatable bonds is 7. The van der Waals surface area contributed by atoms with E-state index in [2.05, 4.69) is 37.4 Å². The zero-order chi connectivity index (χ0) is 29.0. The third-order valence-electron chi connectivity index (χ3n) is 7.41. The van der Waals surface area contributed by atoms with Gasteiger partial charge in [0.1, 0.15) is 0 Å². The Labute approximate surface area is 236 Å². The number of anilines is 3. The second-order valence-electron chi connectivity index (χ2n) is 10.2. The lowest BCUT2D eigenvalue weighted by molar-refractivity contribution is -0.137. The highest BCUT2D eigenvalue weighted by molar-refractivity contribution is 6.05. The summed E-state index contributed by atoms with van der Waals surface area (Å²) in [6.45, 7) is 6.56. The van der Waals surface area contributed by atoms with E-state index in [1.165, 1.54) is 6.07 Å². The lowest BCUT2D eigenvalue weighted by Gasteiger charge is -2.31. The van der Waals surface area contributed by atoms with Gasteiger partial charge in [-0.1, -0.05) is 13.0 Å². The molecule has 212 valence electrons. The van der Waals surface area contributed by atoms with Gasteiger partial charge in [0.2, 0.25) is 5.95 Å². The molecule has 0 bridgehead atoms. The van der Waals surface area contributed by atoms with E-state index in [1.54, 1.807) is 48.9 Å². The van der Waals surface area contributed by atoms with Crippen molar-refractivity contribution in [1.29, 1.82) is 0 Å². The van der Waals surface area contributed by atoms with E-state index in [-0.39, 0.29) is 17.2 Å². The van der Waals surface area contributed by atoms with Crippen molar-refractivity contribution in [2.45, 2.75) is 38.8 Å². The lowest BCUT2D eigenvalue weighted by atomic mass is 9.88. The van der Waals surface area contributed by atoms with E-state index in [0.29, 0.717) is 22.9 Å². The second-order valence-corrected chi connectivity index (χ2v) is 10.2. The van der Waals surface area contributed by atoms with E-state index in [4.69, 9.17) is 0 Å². The molecule has 3 heterocycles. The smallest absolute Gasteiger partial charge is 0.324 e. The average molecular weight is 561 g/mol. The van der Waals surface area contributed by atoms with Gasteiger partial charge in [-0.3, -0.25) is 9.78 Å². The fourth-order valence-electron chi connectivity index (χ4n) is 5.02. The number of nitrogens with one attached hydrogen (secondary N) is 2. The van der Waals surface area contributed by atoms with Crippen molar-refractivity contribution in [3.63, 3.8) is 0 Å². The van der Waals surface area contributed by atoms with E-state index in [0.717, 1.165) is 49.7 Å². The summed E-state index contributed by atoms with van der Waals surface area (Å²) in [5.41, 5.74) is 3.21. The van der Waals surface area contributed by atoms with Crippen LogP contribution >= 0.6 is 0 Å². The van der Waals surface area contributed by atoms with Crippen LogP contribution in [0.25, 0.3) is 11.3 Å². The largest absolute Gasteiger partial charge is 0.416 e. The molecule has 0 unspecified atom stereocenters. The molecule has 1 aliphatic heterocycles.